The second-order valence-electron chi connectivity index (χ2n) is 9.14. The van der Waals surface area contributed by atoms with Crippen LogP contribution in [0, 0.1) is 5.92 Å². The number of hydrogen-bond donors (Lipinski definition) is 2. The molecule has 5 rings (SSSR count). The molecule has 174 valence electrons. The van der Waals surface area contributed by atoms with Crippen molar-refractivity contribution in [1.29, 1.82) is 0 Å². The molecule has 3 aliphatic rings. The molecule has 1 saturated heterocycles. The smallest absolute Gasteiger partial charge is 0.261 e. The fourth-order valence-electron chi connectivity index (χ4n) is 4.65. The average molecular weight is 458 g/mol. The van der Waals surface area contributed by atoms with E-state index in [0.717, 1.165) is 36.5 Å². The molecule has 0 bridgehead atoms. The summed E-state index contributed by atoms with van der Waals surface area (Å²) in [5.41, 5.74) is 3.37. The van der Waals surface area contributed by atoms with Crippen molar-refractivity contribution in [3.05, 3.63) is 48.0 Å². The molecule has 1 unspecified atom stereocenters. The number of fused-ring (bicyclic) bond motifs is 3. The molecule has 2 fully saturated rings. The van der Waals surface area contributed by atoms with Crippen LogP contribution in [0.5, 0.6) is 0 Å². The Morgan fingerprint density at radius 3 is 2.41 bits per heavy atom. The van der Waals surface area contributed by atoms with Crippen molar-refractivity contribution in [2.24, 2.45) is 5.92 Å². The number of sulfonamides is 1. The zero-order chi connectivity index (χ0) is 22.6. The first-order valence-electron chi connectivity index (χ1n) is 11.7. The number of nitrogens with one attached hydrogen (secondary N) is 2. The lowest BCUT2D eigenvalue weighted by Crippen LogP contribution is -2.25. The third-order valence-electron chi connectivity index (χ3n) is 6.52. The van der Waals surface area contributed by atoms with Gasteiger partial charge in [-0.25, -0.2) is 8.42 Å². The monoisotopic (exact) mass is 457 g/mol. The van der Waals surface area contributed by atoms with Crippen LogP contribution in [0.3, 0.4) is 0 Å². The van der Waals surface area contributed by atoms with E-state index >= 15 is 0 Å². The van der Waals surface area contributed by atoms with Crippen molar-refractivity contribution in [1.82, 2.24) is 0 Å². The molecule has 0 spiro atoms. The molecule has 2 heterocycles. The summed E-state index contributed by atoms with van der Waals surface area (Å²) in [5.74, 6) is 0.408. The molecule has 1 aliphatic carbocycles. The summed E-state index contributed by atoms with van der Waals surface area (Å²) < 4.78 is 34.3. The first-order valence-corrected chi connectivity index (χ1v) is 13.2. The van der Waals surface area contributed by atoms with E-state index in [0.29, 0.717) is 11.6 Å². The maximum absolute atomic E-state index is 12.9. The SMILES string of the molecule is C1CCCCC1.CN(C)c1cccc(NS(=O)(=O)c2ccc3c(c2)C2OCC[C@H]2CN3)c1. The first-order chi connectivity index (χ1) is 15.4. The molecular weight excluding hydrogens is 422 g/mol. The van der Waals surface area contributed by atoms with Crippen LogP contribution in [0.4, 0.5) is 17.1 Å². The predicted octanol–water partition coefficient (Wildman–Crippen LogP) is 5.40. The summed E-state index contributed by atoms with van der Waals surface area (Å²) in [6, 6.07) is 12.5. The summed E-state index contributed by atoms with van der Waals surface area (Å²) in [6.45, 7) is 1.60. The highest BCUT2D eigenvalue weighted by Crippen LogP contribution is 2.42. The molecule has 7 heteroatoms. The number of ether oxygens (including phenoxy) is 1. The van der Waals surface area contributed by atoms with Crippen LogP contribution in [0.2, 0.25) is 0 Å². The fraction of sp³-hybridized carbons (Fsp3) is 0.520. The molecule has 0 amide bonds. The van der Waals surface area contributed by atoms with Crippen LogP contribution >= 0.6 is 0 Å². The zero-order valence-electron chi connectivity index (χ0n) is 19.1. The Labute approximate surface area is 192 Å². The molecule has 1 saturated carbocycles. The Kier molecular flexibility index (Phi) is 7.26. The van der Waals surface area contributed by atoms with E-state index in [1.54, 1.807) is 18.2 Å². The minimum absolute atomic E-state index is 0.0153. The second kappa shape index (κ2) is 10.1. The Morgan fingerprint density at radius 1 is 1.00 bits per heavy atom. The number of anilines is 3. The number of hydrogen-bond acceptors (Lipinski definition) is 5. The molecule has 2 aliphatic heterocycles. The van der Waals surface area contributed by atoms with Gasteiger partial charge in [0.25, 0.3) is 10.0 Å². The highest BCUT2D eigenvalue weighted by atomic mass is 32.2. The van der Waals surface area contributed by atoms with Crippen LogP contribution < -0.4 is 14.9 Å². The van der Waals surface area contributed by atoms with Crippen LogP contribution in [0.1, 0.15) is 56.6 Å². The fourth-order valence-corrected chi connectivity index (χ4v) is 5.74. The topological polar surface area (TPSA) is 70.7 Å². The molecule has 0 radical (unpaired) electrons. The van der Waals surface area contributed by atoms with Crippen LogP contribution in [-0.2, 0) is 14.8 Å². The van der Waals surface area contributed by atoms with Gasteiger partial charge in [-0.05, 0) is 42.8 Å². The third kappa shape index (κ3) is 5.38. The van der Waals surface area contributed by atoms with Gasteiger partial charge in [-0.3, -0.25) is 4.72 Å². The van der Waals surface area contributed by atoms with Crippen molar-refractivity contribution in [2.75, 3.05) is 42.2 Å². The van der Waals surface area contributed by atoms with Gasteiger partial charge in [-0.15, -0.1) is 0 Å². The molecule has 2 aromatic rings. The Bertz CT molecular complexity index is 1010. The molecular formula is C25H35N3O3S. The van der Waals surface area contributed by atoms with E-state index < -0.39 is 10.0 Å². The summed E-state index contributed by atoms with van der Waals surface area (Å²) >= 11 is 0. The summed E-state index contributed by atoms with van der Waals surface area (Å²) in [6.07, 6.45) is 9.99. The Hall–Kier alpha value is -2.25. The average Bonchev–Trinajstić information content (AvgIpc) is 3.30. The van der Waals surface area contributed by atoms with E-state index in [9.17, 15) is 8.42 Å². The quantitative estimate of drug-likeness (QED) is 0.643. The molecule has 6 nitrogen and oxygen atoms in total. The number of nitrogens with zero attached hydrogens (tertiary/aromatic N) is 1. The Balaban J connectivity index is 0.000000354. The summed E-state index contributed by atoms with van der Waals surface area (Å²) in [7, 11) is 0.168. The van der Waals surface area contributed by atoms with Gasteiger partial charge in [-0.1, -0.05) is 44.6 Å². The van der Waals surface area contributed by atoms with Gasteiger partial charge in [0.2, 0.25) is 0 Å². The van der Waals surface area contributed by atoms with Gasteiger partial charge in [0, 0.05) is 50.1 Å². The molecule has 2 N–H and O–H groups in total. The molecule has 0 aromatic heterocycles. The lowest BCUT2D eigenvalue weighted by Gasteiger charge is -2.28. The standard InChI is InChI=1S/C19H23N3O3S.C6H12/c1-22(2)15-5-3-4-14(10-15)21-26(23,24)16-6-7-18-17(11-16)19-13(12-20-18)8-9-25-19;1-2-4-6-5-3-1/h3-7,10-11,13,19-21H,8-9,12H2,1-2H3;1-6H2/t13-,19?;/m0./s1. The van der Waals surface area contributed by atoms with Gasteiger partial charge in [0.15, 0.2) is 0 Å². The van der Waals surface area contributed by atoms with E-state index in [1.807, 2.05) is 43.3 Å². The van der Waals surface area contributed by atoms with Gasteiger partial charge in [-0.2, -0.15) is 0 Å². The lowest BCUT2D eigenvalue weighted by atomic mass is 9.91. The zero-order valence-corrected chi connectivity index (χ0v) is 20.0. The third-order valence-corrected chi connectivity index (χ3v) is 7.90. The number of benzene rings is 2. The van der Waals surface area contributed by atoms with Gasteiger partial charge >= 0.3 is 0 Å². The van der Waals surface area contributed by atoms with Crippen LogP contribution in [-0.4, -0.2) is 35.7 Å². The molecule has 2 aromatic carbocycles. The van der Waals surface area contributed by atoms with Gasteiger partial charge in [0.05, 0.1) is 16.7 Å². The predicted molar refractivity (Wildman–Crippen MR) is 131 cm³/mol. The molecule has 32 heavy (non-hydrogen) atoms. The molecule has 2 atom stereocenters. The first kappa shape index (κ1) is 22.9. The van der Waals surface area contributed by atoms with Crippen molar-refractivity contribution >= 4 is 27.1 Å². The lowest BCUT2D eigenvalue weighted by molar-refractivity contribution is 0.0911. The van der Waals surface area contributed by atoms with Gasteiger partial charge in [0.1, 0.15) is 0 Å². The van der Waals surface area contributed by atoms with Crippen molar-refractivity contribution < 1.29 is 13.2 Å². The second-order valence-corrected chi connectivity index (χ2v) is 10.8. The van der Waals surface area contributed by atoms with E-state index in [1.165, 1.54) is 38.5 Å². The largest absolute Gasteiger partial charge is 0.384 e. The van der Waals surface area contributed by atoms with Crippen molar-refractivity contribution in [2.45, 2.75) is 55.9 Å². The van der Waals surface area contributed by atoms with Crippen molar-refractivity contribution in [3.8, 4) is 0 Å². The van der Waals surface area contributed by atoms with E-state index in [-0.39, 0.29) is 11.0 Å². The normalized spacial score (nSPS) is 21.9. The van der Waals surface area contributed by atoms with Gasteiger partial charge < -0.3 is 15.0 Å². The highest BCUT2D eigenvalue weighted by Gasteiger charge is 2.35. The summed E-state index contributed by atoms with van der Waals surface area (Å²) in [4.78, 5) is 2.18. The van der Waals surface area contributed by atoms with E-state index in [2.05, 4.69) is 10.0 Å². The number of rotatable bonds is 4. The van der Waals surface area contributed by atoms with Crippen LogP contribution in [0.15, 0.2) is 47.4 Å². The van der Waals surface area contributed by atoms with E-state index in [4.69, 9.17) is 4.74 Å². The minimum atomic E-state index is -3.67. The van der Waals surface area contributed by atoms with Crippen molar-refractivity contribution in [3.63, 3.8) is 0 Å². The maximum atomic E-state index is 12.9. The summed E-state index contributed by atoms with van der Waals surface area (Å²) in [5, 5.41) is 3.38. The minimum Gasteiger partial charge on any atom is -0.384 e. The highest BCUT2D eigenvalue weighted by molar-refractivity contribution is 7.92. The Morgan fingerprint density at radius 2 is 1.72 bits per heavy atom. The maximum Gasteiger partial charge on any atom is 0.261 e. The van der Waals surface area contributed by atoms with Crippen LogP contribution in [0.25, 0.3) is 0 Å².